The molecule has 1 aliphatic carbocycles. The third-order valence-electron chi connectivity index (χ3n) is 2.51. The zero-order valence-corrected chi connectivity index (χ0v) is 10.4. The lowest BCUT2D eigenvalue weighted by Gasteiger charge is -2.10. The summed E-state index contributed by atoms with van der Waals surface area (Å²) in [6, 6.07) is 1.39. The molecule has 1 heterocycles. The van der Waals surface area contributed by atoms with Crippen LogP contribution in [0.4, 0.5) is 13.2 Å². The lowest BCUT2D eigenvalue weighted by atomic mass is 10.4. The molecule has 0 N–H and O–H groups in total. The molecule has 0 bridgehead atoms. The van der Waals surface area contributed by atoms with Crippen molar-refractivity contribution in [2.24, 2.45) is 0 Å². The molecular formula is C10H10ClF3N2S. The van der Waals surface area contributed by atoms with Gasteiger partial charge in [-0.05, 0) is 12.8 Å². The molecule has 1 saturated carbocycles. The van der Waals surface area contributed by atoms with Crippen LogP contribution < -0.4 is 0 Å². The summed E-state index contributed by atoms with van der Waals surface area (Å²) in [5, 5.41) is 0.499. The predicted molar refractivity (Wildman–Crippen MR) is 60.2 cm³/mol. The molecule has 1 aromatic heterocycles. The van der Waals surface area contributed by atoms with E-state index >= 15 is 0 Å². The van der Waals surface area contributed by atoms with Crippen molar-refractivity contribution in [1.82, 2.24) is 9.97 Å². The monoisotopic (exact) mass is 282 g/mol. The minimum Gasteiger partial charge on any atom is -0.218 e. The fraction of sp³-hybridized carbons (Fsp3) is 0.600. The van der Waals surface area contributed by atoms with Gasteiger partial charge in [0.25, 0.3) is 0 Å². The van der Waals surface area contributed by atoms with Crippen LogP contribution in [0.5, 0.6) is 0 Å². The topological polar surface area (TPSA) is 25.8 Å². The molecule has 0 spiro atoms. The lowest BCUT2D eigenvalue weighted by Crippen LogP contribution is -2.12. The van der Waals surface area contributed by atoms with E-state index in [9.17, 15) is 13.2 Å². The minimum atomic E-state index is -4.55. The molecule has 0 amide bonds. The minimum absolute atomic E-state index is 0.159. The molecule has 0 unspecified atom stereocenters. The van der Waals surface area contributed by atoms with Crippen molar-refractivity contribution in [2.75, 3.05) is 0 Å². The maximum Gasteiger partial charge on any atom is 0.451 e. The molecule has 1 fully saturated rings. The molecule has 0 aromatic carbocycles. The number of nitrogens with zero attached hydrogens (tertiary/aromatic N) is 2. The molecular weight excluding hydrogens is 273 g/mol. The summed E-state index contributed by atoms with van der Waals surface area (Å²) in [5.41, 5.74) is 0. The third-order valence-corrected chi connectivity index (χ3v) is 3.96. The summed E-state index contributed by atoms with van der Waals surface area (Å²) in [6.07, 6.45) is -0.248. The molecule has 0 radical (unpaired) electrons. The quantitative estimate of drug-likeness (QED) is 0.761. The molecule has 94 valence electrons. The first-order valence-corrected chi connectivity index (χ1v) is 6.49. The summed E-state index contributed by atoms with van der Waals surface area (Å²) in [5.74, 6) is -1.16. The summed E-state index contributed by atoms with van der Waals surface area (Å²) < 4.78 is 37.4. The zero-order chi connectivity index (χ0) is 12.5. The Labute approximate surface area is 106 Å². The number of halogens is 4. The first-order valence-electron chi connectivity index (χ1n) is 5.23. The van der Waals surface area contributed by atoms with Gasteiger partial charge in [0, 0.05) is 11.3 Å². The Kier molecular flexibility index (Phi) is 3.82. The Hall–Kier alpha value is -0.490. The number of alkyl halides is 3. The first-order chi connectivity index (χ1) is 7.95. The van der Waals surface area contributed by atoms with E-state index in [2.05, 4.69) is 9.97 Å². The van der Waals surface area contributed by atoms with Gasteiger partial charge >= 0.3 is 6.18 Å². The van der Waals surface area contributed by atoms with Crippen LogP contribution in [-0.2, 0) is 6.18 Å². The van der Waals surface area contributed by atoms with Gasteiger partial charge in [0.2, 0.25) is 5.82 Å². The van der Waals surface area contributed by atoms with Crippen molar-refractivity contribution in [3.63, 3.8) is 0 Å². The van der Waals surface area contributed by atoms with Crippen molar-refractivity contribution in [1.29, 1.82) is 0 Å². The van der Waals surface area contributed by atoms with Gasteiger partial charge in [0.05, 0.1) is 0 Å². The Balaban J connectivity index is 2.19. The highest BCUT2D eigenvalue weighted by Crippen LogP contribution is 2.36. The predicted octanol–water partition coefficient (Wildman–Crippen LogP) is 4.18. The van der Waals surface area contributed by atoms with Gasteiger partial charge in [0.1, 0.15) is 10.2 Å². The van der Waals surface area contributed by atoms with Crippen LogP contribution in [0, 0.1) is 0 Å². The van der Waals surface area contributed by atoms with Crippen molar-refractivity contribution >= 4 is 23.4 Å². The average Bonchev–Trinajstić information content (AvgIpc) is 2.68. The highest BCUT2D eigenvalue weighted by molar-refractivity contribution is 7.99. The van der Waals surface area contributed by atoms with Gasteiger partial charge in [-0.25, -0.2) is 9.97 Å². The maximum atomic E-state index is 12.5. The number of thioether (sulfide) groups is 1. The fourth-order valence-corrected chi connectivity index (χ4v) is 3.24. The van der Waals surface area contributed by atoms with E-state index in [1.54, 1.807) is 0 Å². The highest BCUT2D eigenvalue weighted by atomic mass is 35.5. The van der Waals surface area contributed by atoms with Crippen molar-refractivity contribution in [2.45, 2.75) is 42.1 Å². The lowest BCUT2D eigenvalue weighted by molar-refractivity contribution is -0.145. The van der Waals surface area contributed by atoms with Crippen LogP contribution in [-0.4, -0.2) is 15.2 Å². The van der Waals surface area contributed by atoms with Gasteiger partial charge in [-0.3, -0.25) is 0 Å². The Morgan fingerprint density at radius 1 is 1.24 bits per heavy atom. The van der Waals surface area contributed by atoms with E-state index in [-0.39, 0.29) is 5.15 Å². The largest absolute Gasteiger partial charge is 0.451 e. The van der Waals surface area contributed by atoms with Crippen LogP contribution in [0.25, 0.3) is 0 Å². The van der Waals surface area contributed by atoms with Gasteiger partial charge in [0.15, 0.2) is 0 Å². The first kappa shape index (κ1) is 13.0. The van der Waals surface area contributed by atoms with Crippen LogP contribution in [0.15, 0.2) is 11.1 Å². The van der Waals surface area contributed by atoms with Crippen molar-refractivity contribution < 1.29 is 13.2 Å². The Bertz CT molecular complexity index is 405. The number of rotatable bonds is 2. The third kappa shape index (κ3) is 3.48. The van der Waals surface area contributed by atoms with Crippen molar-refractivity contribution in [3.8, 4) is 0 Å². The van der Waals surface area contributed by atoms with Gasteiger partial charge in [-0.2, -0.15) is 13.2 Å². The highest BCUT2D eigenvalue weighted by Gasteiger charge is 2.35. The number of hydrogen-bond acceptors (Lipinski definition) is 3. The molecule has 0 atom stereocenters. The second-order valence-electron chi connectivity index (χ2n) is 3.87. The second kappa shape index (κ2) is 5.02. The SMILES string of the molecule is FC(F)(F)c1nc(Cl)cc(SC2CCCC2)n1. The smallest absolute Gasteiger partial charge is 0.218 e. The average molecular weight is 283 g/mol. The molecule has 2 nitrogen and oxygen atoms in total. The van der Waals surface area contributed by atoms with E-state index in [4.69, 9.17) is 11.6 Å². The maximum absolute atomic E-state index is 12.5. The zero-order valence-electron chi connectivity index (χ0n) is 8.80. The summed E-state index contributed by atoms with van der Waals surface area (Å²) in [6.45, 7) is 0. The van der Waals surface area contributed by atoms with Crippen molar-refractivity contribution in [3.05, 3.63) is 17.0 Å². The molecule has 17 heavy (non-hydrogen) atoms. The molecule has 0 saturated heterocycles. The number of aromatic nitrogens is 2. The Morgan fingerprint density at radius 2 is 1.88 bits per heavy atom. The van der Waals surface area contributed by atoms with Crippen LogP contribution in [0.3, 0.4) is 0 Å². The van der Waals surface area contributed by atoms with Gasteiger partial charge in [-0.1, -0.05) is 24.4 Å². The summed E-state index contributed by atoms with van der Waals surface area (Å²) in [7, 11) is 0. The normalized spacial score (nSPS) is 17.6. The molecule has 1 aromatic rings. The van der Waals surface area contributed by atoms with Gasteiger partial charge in [-0.15, -0.1) is 11.8 Å². The molecule has 7 heteroatoms. The second-order valence-corrected chi connectivity index (χ2v) is 5.58. The van der Waals surface area contributed by atoms with E-state index in [1.807, 2.05) is 0 Å². The molecule has 0 aliphatic heterocycles. The summed E-state index contributed by atoms with van der Waals surface area (Å²) >= 11 is 6.94. The van der Waals surface area contributed by atoms with Crippen LogP contribution in [0.1, 0.15) is 31.5 Å². The fourth-order valence-electron chi connectivity index (χ4n) is 1.76. The van der Waals surface area contributed by atoms with Crippen LogP contribution >= 0.6 is 23.4 Å². The molecule has 2 rings (SSSR count). The number of hydrogen-bond donors (Lipinski definition) is 0. The van der Waals surface area contributed by atoms with E-state index in [1.165, 1.54) is 17.8 Å². The van der Waals surface area contributed by atoms with E-state index in [0.717, 1.165) is 25.7 Å². The van der Waals surface area contributed by atoms with Crippen LogP contribution in [0.2, 0.25) is 5.15 Å². The Morgan fingerprint density at radius 3 is 2.47 bits per heavy atom. The van der Waals surface area contributed by atoms with Gasteiger partial charge < -0.3 is 0 Å². The van der Waals surface area contributed by atoms with E-state index < -0.39 is 12.0 Å². The van der Waals surface area contributed by atoms with E-state index in [0.29, 0.717) is 10.3 Å². The standard InChI is InChI=1S/C10H10ClF3N2S/c11-7-5-8(17-6-3-1-2-4-6)16-9(15-7)10(12,13)14/h5-6H,1-4H2. The molecule has 1 aliphatic rings. The summed E-state index contributed by atoms with van der Waals surface area (Å²) in [4.78, 5) is 6.71.